The number of carbonyl (C=O) groups excluding carboxylic acids is 1. The van der Waals surface area contributed by atoms with E-state index in [0.29, 0.717) is 13.0 Å². The zero-order valence-electron chi connectivity index (χ0n) is 13.1. The number of aliphatic hydroxyl groups excluding tert-OH is 1. The van der Waals surface area contributed by atoms with E-state index in [-0.39, 0.29) is 12.6 Å². The molecular formula is C18H21NO4. The predicted molar refractivity (Wildman–Crippen MR) is 87.3 cm³/mol. The molecule has 0 aromatic heterocycles. The fourth-order valence-electron chi connectivity index (χ4n) is 2.13. The fourth-order valence-corrected chi connectivity index (χ4v) is 2.13. The average Bonchev–Trinajstić information content (AvgIpc) is 2.61. The van der Waals surface area contributed by atoms with Crippen molar-refractivity contribution in [1.29, 1.82) is 0 Å². The van der Waals surface area contributed by atoms with E-state index in [1.54, 1.807) is 0 Å². The quantitative estimate of drug-likeness (QED) is 0.824. The van der Waals surface area contributed by atoms with Gasteiger partial charge in [0.25, 0.3) is 0 Å². The Kier molecular flexibility index (Phi) is 6.44. The zero-order chi connectivity index (χ0) is 16.5. The number of hydrogen-bond acceptors (Lipinski definition) is 4. The van der Waals surface area contributed by atoms with Crippen molar-refractivity contribution in [1.82, 2.24) is 5.32 Å². The first-order chi connectivity index (χ1) is 11.2. The van der Waals surface area contributed by atoms with Gasteiger partial charge in [-0.2, -0.15) is 0 Å². The Labute approximate surface area is 135 Å². The van der Waals surface area contributed by atoms with Crippen LogP contribution in [0.1, 0.15) is 11.1 Å². The van der Waals surface area contributed by atoms with E-state index in [1.165, 1.54) is 7.11 Å². The fraction of sp³-hybridized carbons (Fsp3) is 0.278. The van der Waals surface area contributed by atoms with Gasteiger partial charge in [-0.3, -0.25) is 0 Å². The maximum absolute atomic E-state index is 11.2. The lowest BCUT2D eigenvalue weighted by molar-refractivity contribution is 0.157. The van der Waals surface area contributed by atoms with Crippen LogP contribution in [0.25, 0.3) is 0 Å². The summed E-state index contributed by atoms with van der Waals surface area (Å²) in [4.78, 5) is 11.2. The van der Waals surface area contributed by atoms with Gasteiger partial charge in [-0.05, 0) is 29.7 Å². The highest BCUT2D eigenvalue weighted by molar-refractivity contribution is 5.67. The van der Waals surface area contributed by atoms with Crippen LogP contribution in [-0.2, 0) is 17.8 Å². The highest BCUT2D eigenvalue weighted by atomic mass is 16.5. The van der Waals surface area contributed by atoms with Crippen LogP contribution < -0.4 is 10.1 Å². The van der Waals surface area contributed by atoms with Crippen molar-refractivity contribution in [2.24, 2.45) is 0 Å². The molecule has 0 unspecified atom stereocenters. The largest absolute Gasteiger partial charge is 0.489 e. The molecule has 0 spiro atoms. The van der Waals surface area contributed by atoms with Crippen molar-refractivity contribution in [2.45, 2.75) is 19.1 Å². The van der Waals surface area contributed by atoms with E-state index in [9.17, 15) is 9.90 Å². The van der Waals surface area contributed by atoms with Gasteiger partial charge in [0.15, 0.2) is 0 Å². The summed E-state index contributed by atoms with van der Waals surface area (Å²) in [5, 5.41) is 11.9. The molecule has 0 heterocycles. The maximum Gasteiger partial charge on any atom is 0.407 e. The Hall–Kier alpha value is -2.53. The van der Waals surface area contributed by atoms with Crippen LogP contribution >= 0.6 is 0 Å². The molecule has 0 aliphatic carbocycles. The molecule has 0 fully saturated rings. The minimum atomic E-state index is -0.549. The van der Waals surface area contributed by atoms with Gasteiger partial charge in [-0.15, -0.1) is 0 Å². The van der Waals surface area contributed by atoms with Crippen LogP contribution in [0.2, 0.25) is 0 Å². The van der Waals surface area contributed by atoms with E-state index in [1.807, 2.05) is 54.6 Å². The Balaban J connectivity index is 1.87. The number of ether oxygens (including phenoxy) is 2. The first-order valence-electron chi connectivity index (χ1n) is 7.42. The topological polar surface area (TPSA) is 67.8 Å². The Morgan fingerprint density at radius 3 is 2.39 bits per heavy atom. The number of hydrogen-bond donors (Lipinski definition) is 2. The summed E-state index contributed by atoms with van der Waals surface area (Å²) in [7, 11) is 1.29. The molecule has 2 aromatic carbocycles. The highest BCUT2D eigenvalue weighted by Crippen LogP contribution is 2.15. The molecule has 23 heavy (non-hydrogen) atoms. The number of carbonyl (C=O) groups is 1. The minimum absolute atomic E-state index is 0.151. The molecule has 2 rings (SSSR count). The third-order valence-corrected chi connectivity index (χ3v) is 3.38. The summed E-state index contributed by atoms with van der Waals surface area (Å²) in [5.74, 6) is 0.777. The summed E-state index contributed by atoms with van der Waals surface area (Å²) < 4.78 is 10.3. The van der Waals surface area contributed by atoms with Crippen molar-refractivity contribution >= 4 is 6.09 Å². The van der Waals surface area contributed by atoms with E-state index >= 15 is 0 Å². The molecule has 0 aliphatic heterocycles. The molecular weight excluding hydrogens is 294 g/mol. The first-order valence-corrected chi connectivity index (χ1v) is 7.42. The van der Waals surface area contributed by atoms with E-state index in [4.69, 9.17) is 4.74 Å². The number of amides is 1. The third-order valence-electron chi connectivity index (χ3n) is 3.38. The van der Waals surface area contributed by atoms with Crippen molar-refractivity contribution in [3.63, 3.8) is 0 Å². The molecule has 1 atom stereocenters. The lowest BCUT2D eigenvalue weighted by Gasteiger charge is -2.15. The van der Waals surface area contributed by atoms with Crippen molar-refractivity contribution in [3.8, 4) is 5.75 Å². The van der Waals surface area contributed by atoms with Crippen LogP contribution in [0.5, 0.6) is 5.75 Å². The SMILES string of the molecule is COC(=O)N[C@H](CO)Cc1ccc(OCc2ccccc2)cc1. The lowest BCUT2D eigenvalue weighted by Crippen LogP contribution is -2.38. The third kappa shape index (κ3) is 5.64. The van der Waals surface area contributed by atoms with E-state index < -0.39 is 6.09 Å². The molecule has 0 bridgehead atoms. The molecule has 2 N–H and O–H groups in total. The molecule has 0 aliphatic rings. The van der Waals surface area contributed by atoms with Crippen molar-refractivity contribution < 1.29 is 19.4 Å². The van der Waals surface area contributed by atoms with Gasteiger partial charge in [0.05, 0.1) is 19.8 Å². The van der Waals surface area contributed by atoms with Crippen LogP contribution in [0.15, 0.2) is 54.6 Å². The van der Waals surface area contributed by atoms with Crippen molar-refractivity contribution in [2.75, 3.05) is 13.7 Å². The Morgan fingerprint density at radius 2 is 1.78 bits per heavy atom. The average molecular weight is 315 g/mol. The summed E-state index contributed by atoms with van der Waals surface area (Å²) in [6.45, 7) is 0.366. The van der Waals surface area contributed by atoms with Crippen molar-refractivity contribution in [3.05, 3.63) is 65.7 Å². The molecule has 5 heteroatoms. The Morgan fingerprint density at radius 1 is 1.09 bits per heavy atom. The summed E-state index contributed by atoms with van der Waals surface area (Å²) in [5.41, 5.74) is 2.10. The van der Waals surface area contributed by atoms with Gasteiger partial charge >= 0.3 is 6.09 Å². The van der Waals surface area contributed by atoms with Crippen LogP contribution in [0.4, 0.5) is 4.79 Å². The van der Waals surface area contributed by atoms with Gasteiger partial charge in [-0.25, -0.2) is 4.79 Å². The van der Waals surface area contributed by atoms with Gasteiger partial charge in [-0.1, -0.05) is 42.5 Å². The molecule has 0 saturated heterocycles. The monoisotopic (exact) mass is 315 g/mol. The number of nitrogens with one attached hydrogen (secondary N) is 1. The number of benzene rings is 2. The van der Waals surface area contributed by atoms with Crippen LogP contribution in [0, 0.1) is 0 Å². The van der Waals surface area contributed by atoms with Gasteiger partial charge in [0, 0.05) is 0 Å². The first kappa shape index (κ1) is 16.8. The molecule has 0 saturated carbocycles. The Bertz CT molecular complexity index is 598. The number of alkyl carbamates (subject to hydrolysis) is 1. The summed E-state index contributed by atoms with van der Waals surface area (Å²) in [6.07, 6.45) is -0.0308. The molecule has 2 aromatic rings. The standard InChI is InChI=1S/C18H21NO4/c1-22-18(21)19-16(12-20)11-14-7-9-17(10-8-14)23-13-15-5-3-2-4-6-15/h2-10,16,20H,11-13H2,1H3,(H,19,21)/t16-/m0/s1. The lowest BCUT2D eigenvalue weighted by atomic mass is 10.1. The summed E-state index contributed by atoms with van der Waals surface area (Å²) >= 11 is 0. The predicted octanol–water partition coefficient (Wildman–Crippen LogP) is 2.53. The van der Waals surface area contributed by atoms with E-state index in [2.05, 4.69) is 10.1 Å². The number of rotatable bonds is 7. The second-order valence-corrected chi connectivity index (χ2v) is 5.14. The number of aliphatic hydroxyl groups is 1. The van der Waals surface area contributed by atoms with Gasteiger partial charge in [0.2, 0.25) is 0 Å². The molecule has 122 valence electrons. The van der Waals surface area contributed by atoms with E-state index in [0.717, 1.165) is 16.9 Å². The molecule has 1 amide bonds. The number of methoxy groups -OCH3 is 1. The molecule has 5 nitrogen and oxygen atoms in total. The smallest absolute Gasteiger partial charge is 0.407 e. The normalized spacial score (nSPS) is 11.6. The van der Waals surface area contributed by atoms with Crippen LogP contribution in [-0.4, -0.2) is 31.0 Å². The zero-order valence-corrected chi connectivity index (χ0v) is 13.1. The minimum Gasteiger partial charge on any atom is -0.489 e. The highest BCUT2D eigenvalue weighted by Gasteiger charge is 2.12. The van der Waals surface area contributed by atoms with Crippen LogP contribution in [0.3, 0.4) is 0 Å². The second-order valence-electron chi connectivity index (χ2n) is 5.14. The maximum atomic E-state index is 11.2. The molecule has 0 radical (unpaired) electrons. The van der Waals surface area contributed by atoms with Gasteiger partial charge in [0.1, 0.15) is 12.4 Å². The summed E-state index contributed by atoms with van der Waals surface area (Å²) in [6, 6.07) is 17.2. The second kappa shape index (κ2) is 8.80. The van der Waals surface area contributed by atoms with Gasteiger partial charge < -0.3 is 19.9 Å².